The van der Waals surface area contributed by atoms with E-state index in [1.165, 1.54) is 21.3 Å². The van der Waals surface area contributed by atoms with E-state index >= 15 is 0 Å². The van der Waals surface area contributed by atoms with Gasteiger partial charge >= 0.3 is 0 Å². The highest BCUT2D eigenvalue weighted by Crippen LogP contribution is 2.30. The Labute approximate surface area is 122 Å². The number of rotatable bonds is 1. The molecule has 0 radical (unpaired) electrons. The fourth-order valence-electron chi connectivity index (χ4n) is 1.72. The zero-order valence-corrected chi connectivity index (χ0v) is 13.1. The molecule has 1 nitrogen and oxygen atoms in total. The molecule has 0 N–H and O–H groups in total. The minimum absolute atomic E-state index is 0. The van der Waals surface area contributed by atoms with Gasteiger partial charge in [0.1, 0.15) is 0 Å². The van der Waals surface area contributed by atoms with Crippen LogP contribution < -0.4 is 21.5 Å². The van der Waals surface area contributed by atoms with E-state index < -0.39 is 0 Å². The summed E-state index contributed by atoms with van der Waals surface area (Å²) in [5, 5.41) is 2.25. The first-order chi connectivity index (χ1) is 7.34. The van der Waals surface area contributed by atoms with E-state index in [-0.39, 0.29) is 17.0 Å². The lowest BCUT2D eigenvalue weighted by Crippen LogP contribution is -3.00. The Bertz CT molecular complexity index is 493. The Balaban J connectivity index is 0.000000963. The van der Waals surface area contributed by atoms with Crippen LogP contribution in [-0.2, 0) is 6.54 Å². The van der Waals surface area contributed by atoms with Crippen molar-refractivity contribution in [1.29, 1.82) is 0 Å². The van der Waals surface area contributed by atoms with Crippen LogP contribution in [0.3, 0.4) is 0 Å². The van der Waals surface area contributed by atoms with Crippen LogP contribution in [0, 0.1) is 0 Å². The van der Waals surface area contributed by atoms with Crippen LogP contribution in [0.1, 0.15) is 0 Å². The SMILES string of the molecule is Brc1ccc(-c2csc3[n+]2CCS3)cc1.[Br-]. The second kappa shape index (κ2) is 5.21. The van der Waals surface area contributed by atoms with Crippen molar-refractivity contribution in [3.63, 3.8) is 0 Å². The molecule has 5 heteroatoms. The van der Waals surface area contributed by atoms with Gasteiger partial charge in [-0.25, -0.2) is 0 Å². The van der Waals surface area contributed by atoms with Crippen molar-refractivity contribution in [3.8, 4) is 11.3 Å². The highest BCUT2D eigenvalue weighted by molar-refractivity contribution is 9.10. The van der Waals surface area contributed by atoms with Gasteiger partial charge in [0.15, 0.2) is 6.54 Å². The Morgan fingerprint density at radius 1 is 1.19 bits per heavy atom. The van der Waals surface area contributed by atoms with E-state index in [0.717, 1.165) is 11.0 Å². The molecule has 1 aromatic carbocycles. The molecule has 3 rings (SSSR count). The minimum atomic E-state index is 0. The average Bonchev–Trinajstić information content (AvgIpc) is 2.80. The van der Waals surface area contributed by atoms with Crippen molar-refractivity contribution in [2.24, 2.45) is 0 Å². The van der Waals surface area contributed by atoms with Gasteiger partial charge in [-0.05, 0) is 36.0 Å². The molecule has 2 heterocycles. The first-order valence-electron chi connectivity index (χ1n) is 4.75. The maximum atomic E-state index is 3.46. The standard InChI is InChI=1S/C11H9BrNS2.BrH/c12-9-3-1-8(2-4-9)10-7-15-11-13(10)5-6-14-11;/h1-4,7H,5-6H2;1H/q+1;/p-1. The fourth-order valence-corrected chi connectivity index (χ4v) is 4.24. The number of halogens is 2. The minimum Gasteiger partial charge on any atom is -1.00 e. The number of thioether (sulfide) groups is 1. The average molecular weight is 379 g/mol. The van der Waals surface area contributed by atoms with Crippen LogP contribution in [0.15, 0.2) is 38.5 Å². The molecule has 0 unspecified atom stereocenters. The number of hydrogen-bond acceptors (Lipinski definition) is 2. The molecule has 2 aromatic rings. The predicted octanol–water partition coefficient (Wildman–Crippen LogP) is 0.575. The van der Waals surface area contributed by atoms with Gasteiger partial charge in [0.25, 0.3) is 4.34 Å². The number of thiazole rings is 1. The molecular weight excluding hydrogens is 370 g/mol. The van der Waals surface area contributed by atoms with E-state index in [2.05, 4.69) is 50.1 Å². The summed E-state index contributed by atoms with van der Waals surface area (Å²) in [4.78, 5) is 0. The number of nitrogens with zero attached hydrogens (tertiary/aromatic N) is 1. The monoisotopic (exact) mass is 377 g/mol. The number of fused-ring (bicyclic) bond motifs is 1. The summed E-state index contributed by atoms with van der Waals surface area (Å²) in [7, 11) is 0. The molecule has 0 saturated heterocycles. The van der Waals surface area contributed by atoms with Gasteiger partial charge in [0, 0.05) is 10.0 Å². The molecule has 0 aliphatic carbocycles. The maximum Gasteiger partial charge on any atom is 0.298 e. The summed E-state index contributed by atoms with van der Waals surface area (Å²) in [6.07, 6.45) is 0. The van der Waals surface area contributed by atoms with Gasteiger partial charge in [0.2, 0.25) is 5.69 Å². The molecule has 1 aliphatic heterocycles. The zero-order valence-electron chi connectivity index (χ0n) is 8.32. The highest BCUT2D eigenvalue weighted by atomic mass is 79.9. The third-order valence-corrected chi connectivity index (χ3v) is 5.25. The summed E-state index contributed by atoms with van der Waals surface area (Å²) >= 11 is 7.27. The van der Waals surface area contributed by atoms with Crippen molar-refractivity contribution in [2.45, 2.75) is 10.9 Å². The second-order valence-corrected chi connectivity index (χ2v) is 6.51. The maximum absolute atomic E-state index is 3.46. The predicted molar refractivity (Wildman–Crippen MR) is 68.4 cm³/mol. The Kier molecular flexibility index (Phi) is 4.11. The first kappa shape index (κ1) is 12.6. The van der Waals surface area contributed by atoms with Gasteiger partial charge in [-0.3, -0.25) is 0 Å². The third kappa shape index (κ3) is 2.23. The summed E-state index contributed by atoms with van der Waals surface area (Å²) < 4.78 is 4.99. The number of hydrogen-bond donors (Lipinski definition) is 0. The van der Waals surface area contributed by atoms with Crippen molar-refractivity contribution in [2.75, 3.05) is 5.75 Å². The lowest BCUT2D eigenvalue weighted by molar-refractivity contribution is -0.706. The van der Waals surface area contributed by atoms with E-state index in [4.69, 9.17) is 0 Å². The molecule has 0 bridgehead atoms. The van der Waals surface area contributed by atoms with E-state index in [1.807, 2.05) is 23.1 Å². The molecule has 0 amide bonds. The highest BCUT2D eigenvalue weighted by Gasteiger charge is 2.27. The largest absolute Gasteiger partial charge is 1.00 e. The van der Waals surface area contributed by atoms with E-state index in [9.17, 15) is 0 Å². The van der Waals surface area contributed by atoms with Crippen LogP contribution in [0.4, 0.5) is 0 Å². The van der Waals surface area contributed by atoms with Crippen molar-refractivity contribution in [3.05, 3.63) is 34.1 Å². The number of benzene rings is 1. The van der Waals surface area contributed by atoms with Crippen LogP contribution in [0.5, 0.6) is 0 Å². The Morgan fingerprint density at radius 2 is 1.94 bits per heavy atom. The molecule has 0 atom stereocenters. The molecule has 0 spiro atoms. The lowest BCUT2D eigenvalue weighted by atomic mass is 10.2. The van der Waals surface area contributed by atoms with Crippen LogP contribution >= 0.6 is 39.0 Å². The fraction of sp³-hybridized carbons (Fsp3) is 0.182. The quantitative estimate of drug-likeness (QED) is 0.656. The van der Waals surface area contributed by atoms with Crippen LogP contribution in [0.25, 0.3) is 11.3 Å². The summed E-state index contributed by atoms with van der Waals surface area (Å²) in [6.45, 7) is 1.15. The molecule has 0 saturated carbocycles. The molecule has 16 heavy (non-hydrogen) atoms. The summed E-state index contributed by atoms with van der Waals surface area (Å²) in [5.41, 5.74) is 2.66. The van der Waals surface area contributed by atoms with Gasteiger partial charge in [0.05, 0.1) is 11.1 Å². The molecular formula is C11H9Br2NS2. The molecule has 1 aromatic heterocycles. The smallest absolute Gasteiger partial charge is 0.298 e. The van der Waals surface area contributed by atoms with Crippen molar-refractivity contribution < 1.29 is 21.5 Å². The topological polar surface area (TPSA) is 3.88 Å². The summed E-state index contributed by atoms with van der Waals surface area (Å²) in [5.74, 6) is 1.22. The zero-order chi connectivity index (χ0) is 10.3. The van der Waals surface area contributed by atoms with Gasteiger partial charge in [-0.2, -0.15) is 4.57 Å². The summed E-state index contributed by atoms with van der Waals surface area (Å²) in [6, 6.07) is 8.54. The van der Waals surface area contributed by atoms with Gasteiger partial charge < -0.3 is 17.0 Å². The van der Waals surface area contributed by atoms with E-state index in [1.54, 1.807) is 0 Å². The van der Waals surface area contributed by atoms with E-state index in [0.29, 0.717) is 0 Å². The molecule has 84 valence electrons. The number of aromatic nitrogens is 1. The van der Waals surface area contributed by atoms with Crippen molar-refractivity contribution in [1.82, 2.24) is 0 Å². The normalized spacial score (nSPS) is 13.3. The Morgan fingerprint density at radius 3 is 2.69 bits per heavy atom. The van der Waals surface area contributed by atoms with Gasteiger partial charge in [-0.15, -0.1) is 0 Å². The van der Waals surface area contributed by atoms with Crippen LogP contribution in [-0.4, -0.2) is 5.75 Å². The van der Waals surface area contributed by atoms with Crippen molar-refractivity contribution >= 4 is 39.0 Å². The second-order valence-electron chi connectivity index (χ2n) is 3.39. The first-order valence-corrected chi connectivity index (χ1v) is 7.40. The third-order valence-electron chi connectivity index (χ3n) is 2.46. The van der Waals surface area contributed by atoms with Crippen LogP contribution in [0.2, 0.25) is 0 Å². The lowest BCUT2D eigenvalue weighted by Gasteiger charge is -1.96. The molecule has 1 aliphatic rings. The molecule has 0 fully saturated rings. The Hall–Kier alpha value is 0.160. The van der Waals surface area contributed by atoms with Gasteiger partial charge in [-0.1, -0.05) is 27.3 Å².